The van der Waals surface area contributed by atoms with Crippen LogP contribution in [0.5, 0.6) is 0 Å². The molecule has 4 aromatic rings. The molecular weight excluding hydrogens is 476 g/mol. The number of aryl methyl sites for hydroxylation is 2. The van der Waals surface area contributed by atoms with Crippen LogP contribution >= 0.6 is 0 Å². The summed E-state index contributed by atoms with van der Waals surface area (Å²) in [7, 11) is 0. The van der Waals surface area contributed by atoms with E-state index in [1.54, 1.807) is 11.1 Å². The summed E-state index contributed by atoms with van der Waals surface area (Å²) in [6.45, 7) is 4.52. The van der Waals surface area contributed by atoms with Gasteiger partial charge in [-0.05, 0) is 81.3 Å². The Balaban J connectivity index is 0.00000228. The minimum absolute atomic E-state index is 0. The minimum Gasteiger partial charge on any atom is -0.0619 e. The molecule has 0 radical (unpaired) electrons. The van der Waals surface area contributed by atoms with E-state index in [1.807, 2.05) is 0 Å². The Bertz CT molecular complexity index is 1210. The Morgan fingerprint density at radius 3 is 1.30 bits per heavy atom. The molecule has 6 rings (SSSR count). The number of hydrogen-bond donors (Lipinski definition) is 0. The van der Waals surface area contributed by atoms with Crippen molar-refractivity contribution in [3.8, 4) is 22.3 Å². The van der Waals surface area contributed by atoms with E-state index in [2.05, 4.69) is 98.8 Å². The van der Waals surface area contributed by atoms with Crippen LogP contribution in [0.4, 0.5) is 0 Å². The fourth-order valence-corrected chi connectivity index (χ4v) is 6.11. The predicted molar refractivity (Wildman–Crippen MR) is 135 cm³/mol. The van der Waals surface area contributed by atoms with Gasteiger partial charge in [-0.1, -0.05) is 98.8 Å². The third kappa shape index (κ3) is 3.70. The molecular formula is C32H30Zr. The van der Waals surface area contributed by atoms with Gasteiger partial charge in [0.05, 0.1) is 0 Å². The van der Waals surface area contributed by atoms with E-state index in [0.717, 1.165) is 12.8 Å². The average molecular weight is 506 g/mol. The van der Waals surface area contributed by atoms with Crippen LogP contribution in [0.2, 0.25) is 0 Å². The van der Waals surface area contributed by atoms with Crippen LogP contribution < -0.4 is 0 Å². The van der Waals surface area contributed by atoms with Gasteiger partial charge in [-0.3, -0.25) is 0 Å². The molecule has 0 aromatic heterocycles. The first-order valence-electron chi connectivity index (χ1n) is 12.2. The molecule has 2 aliphatic rings. The van der Waals surface area contributed by atoms with Crippen molar-refractivity contribution in [1.29, 1.82) is 0 Å². The van der Waals surface area contributed by atoms with Crippen LogP contribution in [0.25, 0.3) is 22.3 Å². The van der Waals surface area contributed by atoms with Crippen molar-refractivity contribution in [1.82, 2.24) is 0 Å². The van der Waals surface area contributed by atoms with Crippen molar-refractivity contribution in [2.45, 2.75) is 51.4 Å². The Labute approximate surface area is 217 Å². The van der Waals surface area contributed by atoms with Crippen LogP contribution in [0.15, 0.2) is 84.9 Å². The Morgan fingerprint density at radius 2 is 0.879 bits per heavy atom. The molecule has 0 fully saturated rings. The van der Waals surface area contributed by atoms with Crippen molar-refractivity contribution >= 4 is 0 Å². The zero-order valence-corrected chi connectivity index (χ0v) is 22.0. The summed E-state index contributed by atoms with van der Waals surface area (Å²) in [5.41, 5.74) is 14.8. The second-order valence-corrected chi connectivity index (χ2v) is 9.41. The van der Waals surface area contributed by atoms with E-state index < -0.39 is 0 Å². The van der Waals surface area contributed by atoms with Crippen LogP contribution in [-0.4, -0.2) is 0 Å². The zero-order chi connectivity index (χ0) is 21.7. The van der Waals surface area contributed by atoms with Gasteiger partial charge >= 0.3 is 0 Å². The van der Waals surface area contributed by atoms with Gasteiger partial charge in [0.15, 0.2) is 0 Å². The molecule has 0 nitrogen and oxygen atoms in total. The largest absolute Gasteiger partial charge is 0.0619 e. The Morgan fingerprint density at radius 1 is 0.485 bits per heavy atom. The summed E-state index contributed by atoms with van der Waals surface area (Å²) in [5, 5.41) is 0. The van der Waals surface area contributed by atoms with Crippen LogP contribution in [0, 0.1) is 0 Å². The fraction of sp³-hybridized carbons (Fsp3) is 0.250. The van der Waals surface area contributed by atoms with Gasteiger partial charge in [0.1, 0.15) is 0 Å². The second kappa shape index (κ2) is 9.19. The van der Waals surface area contributed by atoms with Gasteiger partial charge in [-0.15, -0.1) is 0 Å². The van der Waals surface area contributed by atoms with Crippen LogP contribution in [0.1, 0.15) is 71.9 Å². The van der Waals surface area contributed by atoms with Crippen molar-refractivity contribution < 1.29 is 26.2 Å². The molecule has 2 unspecified atom stereocenters. The van der Waals surface area contributed by atoms with Crippen molar-refractivity contribution in [2.24, 2.45) is 0 Å². The standard InChI is InChI=1S/C32H30.Zr/c1-3-21-13-15-27-23-9-5-7-11-25(23)29(31(27)19-21)17-18-30-26-12-8-6-10-24(26)28-16-14-22(4-2)20-32(28)30;/h5-16,19-20,29-30H,3-4,17-18H2,1-2H3;. The first-order chi connectivity index (χ1) is 15.8. The summed E-state index contributed by atoms with van der Waals surface area (Å²) in [6, 6.07) is 32.5. The molecule has 0 N–H and O–H groups in total. The third-order valence-electron chi connectivity index (χ3n) is 7.80. The maximum atomic E-state index is 2.48. The molecule has 0 spiro atoms. The molecule has 0 aliphatic heterocycles. The maximum Gasteiger partial charge on any atom is 0.0102 e. The predicted octanol–water partition coefficient (Wildman–Crippen LogP) is 8.51. The number of rotatable bonds is 5. The molecule has 0 bridgehead atoms. The van der Waals surface area contributed by atoms with E-state index in [0.29, 0.717) is 11.8 Å². The summed E-state index contributed by atoms with van der Waals surface area (Å²) >= 11 is 0. The zero-order valence-electron chi connectivity index (χ0n) is 19.6. The summed E-state index contributed by atoms with van der Waals surface area (Å²) < 4.78 is 0. The third-order valence-corrected chi connectivity index (χ3v) is 7.80. The monoisotopic (exact) mass is 504 g/mol. The average Bonchev–Trinajstić information content (AvgIpc) is 3.34. The van der Waals surface area contributed by atoms with E-state index in [4.69, 9.17) is 0 Å². The molecule has 4 aromatic carbocycles. The number of benzene rings is 4. The molecule has 0 saturated heterocycles. The normalized spacial score (nSPS) is 17.0. The molecule has 0 amide bonds. The maximum absolute atomic E-state index is 2.48. The van der Waals surface area contributed by atoms with Crippen molar-refractivity contribution in [3.05, 3.63) is 118 Å². The van der Waals surface area contributed by atoms with Gasteiger partial charge in [-0.25, -0.2) is 0 Å². The second-order valence-electron chi connectivity index (χ2n) is 9.41. The molecule has 0 heterocycles. The summed E-state index contributed by atoms with van der Waals surface area (Å²) in [5.74, 6) is 0.997. The van der Waals surface area contributed by atoms with Crippen LogP contribution in [0.3, 0.4) is 0 Å². The van der Waals surface area contributed by atoms with Gasteiger partial charge in [0.25, 0.3) is 0 Å². The summed E-state index contributed by atoms with van der Waals surface area (Å²) in [4.78, 5) is 0. The van der Waals surface area contributed by atoms with Gasteiger partial charge in [0, 0.05) is 38.0 Å². The Hall–Kier alpha value is -2.24. The first kappa shape index (κ1) is 22.6. The van der Waals surface area contributed by atoms with Gasteiger partial charge < -0.3 is 0 Å². The van der Waals surface area contributed by atoms with Crippen molar-refractivity contribution in [2.75, 3.05) is 0 Å². The van der Waals surface area contributed by atoms with E-state index in [-0.39, 0.29) is 26.2 Å². The van der Waals surface area contributed by atoms with E-state index in [9.17, 15) is 0 Å². The molecule has 33 heavy (non-hydrogen) atoms. The van der Waals surface area contributed by atoms with E-state index >= 15 is 0 Å². The van der Waals surface area contributed by atoms with E-state index in [1.165, 1.54) is 57.3 Å². The fourth-order valence-electron chi connectivity index (χ4n) is 6.11. The van der Waals surface area contributed by atoms with Gasteiger partial charge in [0.2, 0.25) is 0 Å². The molecule has 2 atom stereocenters. The Kier molecular flexibility index (Phi) is 6.28. The quantitative estimate of drug-likeness (QED) is 0.255. The molecule has 162 valence electrons. The van der Waals surface area contributed by atoms with Crippen molar-refractivity contribution in [3.63, 3.8) is 0 Å². The smallest absolute Gasteiger partial charge is 0.0102 e. The topological polar surface area (TPSA) is 0 Å². The number of hydrogen-bond acceptors (Lipinski definition) is 0. The SMILES string of the molecule is CCc1ccc2c(c1)C(CCC1c3ccccc3-c3ccc(CC)cc31)c1ccccc1-2.[Zr]. The molecule has 1 heteroatoms. The molecule has 0 saturated carbocycles. The minimum atomic E-state index is 0. The first-order valence-corrected chi connectivity index (χ1v) is 12.2. The summed E-state index contributed by atoms with van der Waals surface area (Å²) in [6.07, 6.45) is 4.57. The van der Waals surface area contributed by atoms with Gasteiger partial charge in [-0.2, -0.15) is 0 Å². The van der Waals surface area contributed by atoms with Crippen LogP contribution in [-0.2, 0) is 39.0 Å². The molecule has 2 aliphatic carbocycles. The number of fused-ring (bicyclic) bond motifs is 6.